The molecule has 0 radical (unpaired) electrons. The van der Waals surface area contributed by atoms with Crippen LogP contribution in [0.5, 0.6) is 0 Å². The van der Waals surface area contributed by atoms with Crippen LogP contribution in [0.1, 0.15) is 39.5 Å². The van der Waals surface area contributed by atoms with E-state index in [1.54, 1.807) is 20.1 Å². The van der Waals surface area contributed by atoms with E-state index in [9.17, 15) is 14.4 Å². The Morgan fingerprint density at radius 2 is 1.62 bits per heavy atom. The molecule has 0 aliphatic rings. The van der Waals surface area contributed by atoms with Crippen LogP contribution in [0.15, 0.2) is 12.7 Å². The van der Waals surface area contributed by atoms with Crippen molar-refractivity contribution in [2.24, 2.45) is 5.41 Å². The lowest BCUT2D eigenvalue weighted by Gasteiger charge is -2.27. The fourth-order valence-corrected chi connectivity index (χ4v) is 1.86. The predicted molar refractivity (Wildman–Crippen MR) is 102 cm³/mol. The van der Waals surface area contributed by atoms with Gasteiger partial charge in [-0.05, 0) is 32.4 Å². The molecule has 8 heteroatoms. The Labute approximate surface area is 161 Å². The second-order valence-electron chi connectivity index (χ2n) is 5.96. The van der Waals surface area contributed by atoms with Crippen LogP contribution < -0.4 is 0 Å². The van der Waals surface area contributed by atoms with Crippen LogP contribution in [0.4, 0.5) is 4.79 Å². The number of carbonyl (C=O) groups excluding carboxylic acids is 3. The molecule has 0 spiro atoms. The van der Waals surface area contributed by atoms with Gasteiger partial charge in [-0.3, -0.25) is 0 Å². The molecule has 152 valence electrons. The Morgan fingerprint density at radius 1 is 1.00 bits per heavy atom. The normalized spacial score (nSPS) is 12.0. The molecule has 0 saturated carbocycles. The van der Waals surface area contributed by atoms with E-state index in [0.717, 1.165) is 18.9 Å². The number of esters is 1. The first-order valence-electron chi connectivity index (χ1n) is 8.35. The molecule has 0 aromatic heterocycles. The van der Waals surface area contributed by atoms with Crippen molar-refractivity contribution in [1.29, 1.82) is 0 Å². The zero-order valence-electron chi connectivity index (χ0n) is 16.2. The summed E-state index contributed by atoms with van der Waals surface area (Å²) < 4.78 is 20.1. The zero-order chi connectivity index (χ0) is 20.4. The van der Waals surface area contributed by atoms with E-state index in [4.69, 9.17) is 18.9 Å². The maximum absolute atomic E-state index is 11.6. The second kappa shape index (κ2) is 16.9. The highest BCUT2D eigenvalue weighted by molar-refractivity contribution is 7.79. The lowest BCUT2D eigenvalue weighted by atomic mass is 9.94. The Morgan fingerprint density at radius 3 is 2.15 bits per heavy atom. The largest absolute Gasteiger partial charge is 0.508 e. The molecule has 7 nitrogen and oxygen atoms in total. The number of Topliss-reactive ketones (excluding diaryl/α,β-unsaturated/α-hetero) is 1. The smallest absolute Gasteiger partial charge is 0.462 e. The molecule has 1 atom stereocenters. The van der Waals surface area contributed by atoms with Crippen molar-refractivity contribution >= 4 is 30.5 Å². The Balaban J connectivity index is 0. The highest BCUT2D eigenvalue weighted by Gasteiger charge is 2.28. The van der Waals surface area contributed by atoms with Crippen molar-refractivity contribution in [2.45, 2.75) is 39.5 Å². The molecule has 0 amide bonds. The second-order valence-corrected chi connectivity index (χ2v) is 5.96. The monoisotopic (exact) mass is 392 g/mol. The van der Waals surface area contributed by atoms with Gasteiger partial charge in [0.1, 0.15) is 19.0 Å². The van der Waals surface area contributed by atoms with Crippen LogP contribution in [0.25, 0.3) is 0 Å². The van der Waals surface area contributed by atoms with Gasteiger partial charge in [-0.25, -0.2) is 9.59 Å². The van der Waals surface area contributed by atoms with Crippen LogP contribution in [0.2, 0.25) is 0 Å². The number of hydrogen-bond donors (Lipinski definition) is 1. The lowest BCUT2D eigenvalue weighted by Crippen LogP contribution is -2.35. The van der Waals surface area contributed by atoms with Gasteiger partial charge in [0.15, 0.2) is 0 Å². The molecular formula is C18H32O7S. The van der Waals surface area contributed by atoms with E-state index in [-0.39, 0.29) is 32.2 Å². The van der Waals surface area contributed by atoms with E-state index in [1.807, 2.05) is 0 Å². The van der Waals surface area contributed by atoms with Gasteiger partial charge in [-0.1, -0.05) is 13.5 Å². The Bertz CT molecular complexity index is 426. The number of ether oxygens (including phenoxy) is 4. The fraction of sp³-hybridized carbons (Fsp3) is 0.722. The average Bonchev–Trinajstić information content (AvgIpc) is 2.62. The molecule has 0 aromatic carbocycles. The number of ketones is 1. The molecule has 0 fully saturated rings. The van der Waals surface area contributed by atoms with Gasteiger partial charge in [0.05, 0.1) is 18.6 Å². The van der Waals surface area contributed by atoms with Crippen molar-refractivity contribution < 1.29 is 33.3 Å². The molecule has 0 heterocycles. The molecule has 1 unspecified atom stereocenters. The first-order chi connectivity index (χ1) is 12.3. The maximum Gasteiger partial charge on any atom is 0.508 e. The van der Waals surface area contributed by atoms with E-state index in [2.05, 4.69) is 19.2 Å². The topological polar surface area (TPSA) is 88.1 Å². The number of thiol groups is 1. The van der Waals surface area contributed by atoms with Crippen molar-refractivity contribution in [1.82, 2.24) is 0 Å². The summed E-state index contributed by atoms with van der Waals surface area (Å²) in [5, 5.41) is 0. The van der Waals surface area contributed by atoms with E-state index in [0.29, 0.717) is 12.8 Å². The summed E-state index contributed by atoms with van der Waals surface area (Å²) in [6, 6.07) is 0. The standard InChI is InChI=1S/C17H28O7.CH4S/c1-5-15(19)23-12-17(3,11-21-4)13-24-16(20)22-10-8-6-7-9-14(2)18;1-2/h5H,1,6-13H2,2-4H3;2H,1H3. The summed E-state index contributed by atoms with van der Waals surface area (Å²) >= 11 is 3.53. The van der Waals surface area contributed by atoms with Crippen LogP contribution in [-0.4, -0.2) is 57.7 Å². The summed E-state index contributed by atoms with van der Waals surface area (Å²) in [6.45, 7) is 7.15. The van der Waals surface area contributed by atoms with Gasteiger partial charge in [0.25, 0.3) is 0 Å². The number of unbranched alkanes of at least 4 members (excludes halogenated alkanes) is 2. The van der Waals surface area contributed by atoms with Crippen LogP contribution in [0.3, 0.4) is 0 Å². The summed E-state index contributed by atoms with van der Waals surface area (Å²) in [5.74, 6) is -0.393. The molecule has 0 aromatic rings. The minimum atomic E-state index is -0.779. The quantitative estimate of drug-likeness (QED) is 0.223. The first kappa shape index (κ1) is 26.7. The minimum Gasteiger partial charge on any atom is -0.462 e. The third kappa shape index (κ3) is 16.0. The van der Waals surface area contributed by atoms with Crippen LogP contribution in [0, 0.1) is 5.41 Å². The number of methoxy groups -OCH3 is 1. The highest BCUT2D eigenvalue weighted by Crippen LogP contribution is 2.18. The van der Waals surface area contributed by atoms with Crippen LogP contribution >= 0.6 is 12.6 Å². The third-order valence-electron chi connectivity index (χ3n) is 3.15. The van der Waals surface area contributed by atoms with Gasteiger partial charge in [-0.2, -0.15) is 12.6 Å². The third-order valence-corrected chi connectivity index (χ3v) is 3.15. The maximum atomic E-state index is 11.6. The number of hydrogen-bond acceptors (Lipinski definition) is 8. The van der Waals surface area contributed by atoms with Gasteiger partial charge < -0.3 is 23.7 Å². The van der Waals surface area contributed by atoms with Crippen molar-refractivity contribution in [3.8, 4) is 0 Å². The first-order valence-corrected chi connectivity index (χ1v) is 9.24. The van der Waals surface area contributed by atoms with Gasteiger partial charge in [0.2, 0.25) is 0 Å². The zero-order valence-corrected chi connectivity index (χ0v) is 17.1. The molecular weight excluding hydrogens is 360 g/mol. The lowest BCUT2D eigenvalue weighted by molar-refractivity contribution is -0.143. The van der Waals surface area contributed by atoms with Crippen molar-refractivity contribution in [3.05, 3.63) is 12.7 Å². The minimum absolute atomic E-state index is 0.00552. The van der Waals surface area contributed by atoms with Gasteiger partial charge >= 0.3 is 12.1 Å². The van der Waals surface area contributed by atoms with Crippen LogP contribution in [-0.2, 0) is 28.5 Å². The molecule has 0 rings (SSSR count). The van der Waals surface area contributed by atoms with E-state index in [1.165, 1.54) is 7.11 Å². The Hall–Kier alpha value is -1.54. The molecule has 0 N–H and O–H groups in total. The van der Waals surface area contributed by atoms with Crippen molar-refractivity contribution in [3.63, 3.8) is 0 Å². The van der Waals surface area contributed by atoms with E-state index < -0.39 is 17.5 Å². The molecule has 0 saturated heterocycles. The SMILES string of the molecule is C=CC(=O)OCC(C)(COC)COC(=O)OCCCCCC(C)=O.CS. The van der Waals surface area contributed by atoms with E-state index >= 15 is 0 Å². The van der Waals surface area contributed by atoms with Gasteiger partial charge in [-0.15, -0.1) is 0 Å². The molecule has 0 aliphatic heterocycles. The number of carbonyl (C=O) groups is 3. The predicted octanol–water partition coefficient (Wildman–Crippen LogP) is 3.22. The summed E-state index contributed by atoms with van der Waals surface area (Å²) in [4.78, 5) is 33.5. The van der Waals surface area contributed by atoms with Crippen molar-refractivity contribution in [2.75, 3.05) is 39.8 Å². The Kier molecular flexibility index (Phi) is 17.3. The molecule has 26 heavy (non-hydrogen) atoms. The summed E-state index contributed by atoms with van der Waals surface area (Å²) in [5.41, 5.74) is -0.673. The highest BCUT2D eigenvalue weighted by atomic mass is 32.1. The molecule has 0 bridgehead atoms. The fourth-order valence-electron chi connectivity index (χ4n) is 1.86. The molecule has 0 aliphatic carbocycles. The number of rotatable bonds is 13. The summed E-state index contributed by atoms with van der Waals surface area (Å²) in [7, 11) is 1.51. The summed E-state index contributed by atoms with van der Waals surface area (Å²) in [6.07, 6.45) is 4.80. The van der Waals surface area contributed by atoms with Gasteiger partial charge in [0, 0.05) is 19.6 Å². The average molecular weight is 393 g/mol.